The third-order valence-corrected chi connectivity index (χ3v) is 3.85. The predicted molar refractivity (Wildman–Crippen MR) is 96.0 cm³/mol. The van der Waals surface area contributed by atoms with E-state index in [-0.39, 0.29) is 5.69 Å². The summed E-state index contributed by atoms with van der Waals surface area (Å²) in [6.07, 6.45) is -6.34. The van der Waals surface area contributed by atoms with E-state index in [1.54, 1.807) is 20.8 Å². The number of halogens is 5. The summed E-state index contributed by atoms with van der Waals surface area (Å²) >= 11 is 0. The van der Waals surface area contributed by atoms with Crippen molar-refractivity contribution in [2.45, 2.75) is 32.5 Å². The van der Waals surface area contributed by atoms with Crippen LogP contribution in [0.4, 0.5) is 38.1 Å². The number of hydrogen-bond acceptors (Lipinski definition) is 2. The van der Waals surface area contributed by atoms with Gasteiger partial charge in [-0.2, -0.15) is 13.2 Å². The van der Waals surface area contributed by atoms with Gasteiger partial charge in [-0.25, -0.2) is 13.6 Å². The number of hydrogen-bond donors (Lipinski definition) is 2. The van der Waals surface area contributed by atoms with Gasteiger partial charge in [-0.15, -0.1) is 0 Å². The fraction of sp³-hybridized carbons (Fsp3) is 0.263. The molecule has 0 saturated carbocycles. The fourth-order valence-electron chi connectivity index (χ4n) is 2.61. The van der Waals surface area contributed by atoms with E-state index in [4.69, 9.17) is 0 Å². The van der Waals surface area contributed by atoms with Gasteiger partial charge < -0.3 is 10.4 Å². The van der Waals surface area contributed by atoms with Crippen LogP contribution >= 0.6 is 0 Å². The number of anilines is 2. The molecule has 2 amide bonds. The summed E-state index contributed by atoms with van der Waals surface area (Å²) < 4.78 is 66.0. The molecular formula is C19H17F5N2O3. The average Bonchev–Trinajstić information content (AvgIpc) is 2.55. The minimum Gasteiger partial charge on any atom is -0.465 e. The topological polar surface area (TPSA) is 69.6 Å². The van der Waals surface area contributed by atoms with Crippen LogP contribution in [-0.4, -0.2) is 22.6 Å². The molecule has 10 heteroatoms. The first-order valence-electron chi connectivity index (χ1n) is 8.22. The lowest BCUT2D eigenvalue weighted by Gasteiger charge is -2.33. The Bertz CT molecular complexity index is 952. The molecule has 2 rings (SSSR count). The molecule has 0 saturated heterocycles. The van der Waals surface area contributed by atoms with Crippen LogP contribution in [0.15, 0.2) is 36.4 Å². The molecule has 0 aliphatic carbocycles. The van der Waals surface area contributed by atoms with Gasteiger partial charge in [0.25, 0.3) is 5.91 Å². The van der Waals surface area contributed by atoms with Crippen LogP contribution < -0.4 is 10.2 Å². The minimum absolute atomic E-state index is 0.0387. The Morgan fingerprint density at radius 3 is 2.07 bits per heavy atom. The Morgan fingerprint density at radius 1 is 0.966 bits per heavy atom. The van der Waals surface area contributed by atoms with E-state index in [0.29, 0.717) is 12.1 Å². The summed E-state index contributed by atoms with van der Waals surface area (Å²) in [5.41, 5.74) is -3.49. The lowest BCUT2D eigenvalue weighted by molar-refractivity contribution is -0.140. The average molecular weight is 416 g/mol. The maximum atomic E-state index is 14.1. The third-order valence-electron chi connectivity index (χ3n) is 3.85. The zero-order valence-electron chi connectivity index (χ0n) is 15.6. The maximum absolute atomic E-state index is 14.1. The molecule has 0 aromatic heterocycles. The first-order chi connectivity index (χ1) is 13.2. The van der Waals surface area contributed by atoms with Gasteiger partial charge in [-0.05, 0) is 57.2 Å². The summed E-state index contributed by atoms with van der Waals surface area (Å²) in [4.78, 5) is 24.8. The van der Waals surface area contributed by atoms with Crippen molar-refractivity contribution in [2.75, 3.05) is 10.2 Å². The van der Waals surface area contributed by atoms with Gasteiger partial charge in [0.15, 0.2) is 0 Å². The number of rotatable bonds is 3. The van der Waals surface area contributed by atoms with Crippen molar-refractivity contribution in [1.82, 2.24) is 0 Å². The molecule has 156 valence electrons. The van der Waals surface area contributed by atoms with Gasteiger partial charge in [0.05, 0.1) is 11.3 Å². The van der Waals surface area contributed by atoms with E-state index in [2.05, 4.69) is 5.32 Å². The molecule has 2 N–H and O–H groups in total. The van der Waals surface area contributed by atoms with Crippen LogP contribution in [0, 0.1) is 11.6 Å². The summed E-state index contributed by atoms with van der Waals surface area (Å²) in [6.45, 7) is 4.79. The summed E-state index contributed by atoms with van der Waals surface area (Å²) in [7, 11) is 0. The van der Waals surface area contributed by atoms with E-state index >= 15 is 0 Å². The van der Waals surface area contributed by atoms with Gasteiger partial charge in [0.2, 0.25) is 0 Å². The molecule has 0 heterocycles. The summed E-state index contributed by atoms with van der Waals surface area (Å²) in [5, 5.41) is 11.5. The zero-order valence-corrected chi connectivity index (χ0v) is 15.6. The van der Waals surface area contributed by atoms with E-state index in [9.17, 15) is 36.6 Å². The number of nitrogens with one attached hydrogen (secondary N) is 1. The monoisotopic (exact) mass is 416 g/mol. The minimum atomic E-state index is -5.01. The van der Waals surface area contributed by atoms with Crippen LogP contribution in [0.3, 0.4) is 0 Å². The molecule has 2 aromatic carbocycles. The first-order valence-corrected chi connectivity index (χ1v) is 8.22. The van der Waals surface area contributed by atoms with Crippen molar-refractivity contribution >= 4 is 23.4 Å². The van der Waals surface area contributed by atoms with Gasteiger partial charge in [-0.3, -0.25) is 9.69 Å². The van der Waals surface area contributed by atoms with E-state index in [1.807, 2.05) is 0 Å². The Hall–Kier alpha value is -3.17. The smallest absolute Gasteiger partial charge is 0.419 e. The zero-order chi connectivity index (χ0) is 22.1. The fourth-order valence-corrected chi connectivity index (χ4v) is 2.61. The Kier molecular flexibility index (Phi) is 5.86. The molecule has 0 bridgehead atoms. The van der Waals surface area contributed by atoms with Crippen molar-refractivity contribution in [3.8, 4) is 0 Å². The molecule has 0 fully saturated rings. The molecule has 0 aliphatic rings. The lowest BCUT2D eigenvalue weighted by atomic mass is 10.1. The molecule has 29 heavy (non-hydrogen) atoms. The van der Waals surface area contributed by atoms with Crippen molar-refractivity contribution in [3.63, 3.8) is 0 Å². The molecule has 0 atom stereocenters. The molecule has 0 spiro atoms. The number of benzene rings is 2. The number of carbonyl (C=O) groups is 2. The van der Waals surface area contributed by atoms with Crippen LogP contribution in [0.2, 0.25) is 0 Å². The van der Waals surface area contributed by atoms with Crippen molar-refractivity contribution in [1.29, 1.82) is 0 Å². The number of nitrogens with zero attached hydrogens (tertiary/aromatic N) is 1. The second kappa shape index (κ2) is 7.69. The highest BCUT2D eigenvalue weighted by molar-refractivity contribution is 6.05. The Morgan fingerprint density at radius 2 is 1.55 bits per heavy atom. The van der Waals surface area contributed by atoms with E-state index in [0.717, 1.165) is 23.1 Å². The molecule has 0 radical (unpaired) electrons. The van der Waals surface area contributed by atoms with Crippen molar-refractivity contribution < 1.29 is 36.6 Å². The SMILES string of the molecule is CC(C)(C)N(C(=O)O)c1ccc(F)c(NC(=O)c2ccc(F)c(C(F)(F)F)c2)c1. The maximum Gasteiger partial charge on any atom is 0.419 e. The van der Waals surface area contributed by atoms with E-state index in [1.165, 1.54) is 6.07 Å². The molecule has 2 aromatic rings. The van der Waals surface area contributed by atoms with Crippen LogP contribution in [0.25, 0.3) is 0 Å². The van der Waals surface area contributed by atoms with Gasteiger partial charge in [-0.1, -0.05) is 0 Å². The normalized spacial score (nSPS) is 11.9. The van der Waals surface area contributed by atoms with Crippen LogP contribution in [-0.2, 0) is 6.18 Å². The van der Waals surface area contributed by atoms with Crippen molar-refractivity contribution in [2.24, 2.45) is 0 Å². The highest BCUT2D eigenvalue weighted by Gasteiger charge is 2.35. The lowest BCUT2D eigenvalue weighted by Crippen LogP contribution is -2.45. The summed E-state index contributed by atoms with van der Waals surface area (Å²) in [6, 6.07) is 4.75. The largest absolute Gasteiger partial charge is 0.465 e. The highest BCUT2D eigenvalue weighted by atomic mass is 19.4. The van der Waals surface area contributed by atoms with Crippen LogP contribution in [0.1, 0.15) is 36.7 Å². The van der Waals surface area contributed by atoms with Crippen molar-refractivity contribution in [3.05, 3.63) is 59.2 Å². The first kappa shape index (κ1) is 22.1. The number of carboxylic acid groups (broad SMARTS) is 1. The summed E-state index contributed by atoms with van der Waals surface area (Å²) in [5.74, 6) is -3.60. The van der Waals surface area contributed by atoms with Gasteiger partial charge in [0.1, 0.15) is 11.6 Å². The Labute approximate surface area is 162 Å². The van der Waals surface area contributed by atoms with Crippen LogP contribution in [0.5, 0.6) is 0 Å². The quantitative estimate of drug-likeness (QED) is 0.648. The molecule has 0 unspecified atom stereocenters. The highest BCUT2D eigenvalue weighted by Crippen LogP contribution is 2.32. The predicted octanol–water partition coefficient (Wildman–Crippen LogP) is 5.52. The Balaban J connectivity index is 2.40. The second-order valence-corrected chi connectivity index (χ2v) is 7.10. The second-order valence-electron chi connectivity index (χ2n) is 7.10. The molecule has 0 aliphatic heterocycles. The van der Waals surface area contributed by atoms with Gasteiger partial charge in [0, 0.05) is 16.8 Å². The van der Waals surface area contributed by atoms with E-state index < -0.39 is 52.2 Å². The van der Waals surface area contributed by atoms with Gasteiger partial charge >= 0.3 is 12.3 Å². The standard InChI is InChI=1S/C19H17F5N2O3/c1-18(2,3)26(17(28)29)11-5-7-14(21)15(9-11)25-16(27)10-4-6-13(20)12(8-10)19(22,23)24/h4-9H,1-3H3,(H,25,27)(H,28,29). The molecular weight excluding hydrogens is 399 g/mol. The number of carbonyl (C=O) groups excluding carboxylic acids is 1. The number of amides is 2. The molecule has 5 nitrogen and oxygen atoms in total. The third kappa shape index (κ3) is 5.01. The number of alkyl halides is 3.